The number of nitrogens with zero attached hydrogens (tertiary/aromatic N) is 1. The fraction of sp³-hybridized carbons (Fsp3) is 0.706. The number of hydrogen-bond acceptors (Lipinski definition) is 3. The van der Waals surface area contributed by atoms with Gasteiger partial charge in [0, 0.05) is 24.3 Å². The van der Waals surface area contributed by atoms with Crippen LogP contribution < -0.4 is 10.1 Å². The molecule has 1 aromatic heterocycles. The molecular weight excluding hydrogens is 284 g/mol. The second kappa shape index (κ2) is 6.97. The number of nitrogens with one attached hydrogen (secondary N) is 1. The smallest absolute Gasteiger partial charge is 0.213 e. The second-order valence-corrected chi connectivity index (χ2v) is 7.54. The van der Waals surface area contributed by atoms with Crippen molar-refractivity contribution in [2.75, 3.05) is 0 Å². The predicted octanol–water partition coefficient (Wildman–Crippen LogP) is 4.58. The lowest BCUT2D eigenvalue weighted by Gasteiger charge is -2.29. The lowest BCUT2D eigenvalue weighted by molar-refractivity contribution is 0.0975. The lowest BCUT2D eigenvalue weighted by atomic mass is 9.88. The molecule has 2 unspecified atom stereocenters. The van der Waals surface area contributed by atoms with E-state index in [4.69, 9.17) is 16.3 Å². The molecule has 1 N–H and O–H groups in total. The third-order valence-corrected chi connectivity index (χ3v) is 4.36. The standard InChI is InChI=1S/C17H27ClN2O/c1-12-7-5-6-8-15(12)21-16-9-13(14(18)11-19-16)10-20-17(2,3)4/h9,11-12,15,20H,5-8,10H2,1-4H3. The van der Waals surface area contributed by atoms with Gasteiger partial charge in [-0.15, -0.1) is 0 Å². The highest BCUT2D eigenvalue weighted by molar-refractivity contribution is 6.31. The van der Waals surface area contributed by atoms with Gasteiger partial charge in [0.25, 0.3) is 0 Å². The molecule has 2 atom stereocenters. The van der Waals surface area contributed by atoms with Gasteiger partial charge in [0.2, 0.25) is 5.88 Å². The molecule has 21 heavy (non-hydrogen) atoms. The third kappa shape index (κ3) is 5.15. The van der Waals surface area contributed by atoms with Crippen LogP contribution >= 0.6 is 11.6 Å². The fourth-order valence-corrected chi connectivity index (χ4v) is 2.80. The molecule has 0 bridgehead atoms. The van der Waals surface area contributed by atoms with Crippen LogP contribution in [0.2, 0.25) is 5.02 Å². The van der Waals surface area contributed by atoms with Crippen LogP contribution in [0, 0.1) is 5.92 Å². The highest BCUT2D eigenvalue weighted by atomic mass is 35.5. The maximum absolute atomic E-state index is 6.24. The molecule has 0 radical (unpaired) electrons. The molecule has 118 valence electrons. The minimum atomic E-state index is 0.0610. The minimum absolute atomic E-state index is 0.0610. The molecule has 0 spiro atoms. The van der Waals surface area contributed by atoms with E-state index in [9.17, 15) is 0 Å². The normalized spacial score (nSPS) is 23.1. The Morgan fingerprint density at radius 2 is 2.05 bits per heavy atom. The van der Waals surface area contributed by atoms with Crippen LogP contribution in [-0.4, -0.2) is 16.6 Å². The average molecular weight is 311 g/mol. The van der Waals surface area contributed by atoms with Crippen molar-refractivity contribution in [1.82, 2.24) is 10.3 Å². The number of aromatic nitrogens is 1. The summed E-state index contributed by atoms with van der Waals surface area (Å²) in [6.45, 7) is 9.42. The Morgan fingerprint density at radius 3 is 2.71 bits per heavy atom. The zero-order valence-electron chi connectivity index (χ0n) is 13.6. The highest BCUT2D eigenvalue weighted by Gasteiger charge is 2.23. The molecule has 1 saturated carbocycles. The molecule has 1 aliphatic carbocycles. The zero-order valence-corrected chi connectivity index (χ0v) is 14.3. The molecule has 0 aromatic carbocycles. The number of rotatable bonds is 4. The van der Waals surface area contributed by atoms with Crippen molar-refractivity contribution >= 4 is 11.6 Å². The van der Waals surface area contributed by atoms with E-state index in [1.54, 1.807) is 6.20 Å². The summed E-state index contributed by atoms with van der Waals surface area (Å²) in [6, 6.07) is 1.97. The highest BCUT2D eigenvalue weighted by Crippen LogP contribution is 2.28. The molecule has 2 rings (SSSR count). The summed E-state index contributed by atoms with van der Waals surface area (Å²) in [6.07, 6.45) is 6.93. The Morgan fingerprint density at radius 1 is 1.33 bits per heavy atom. The van der Waals surface area contributed by atoms with Crippen molar-refractivity contribution in [3.05, 3.63) is 22.8 Å². The van der Waals surface area contributed by atoms with Crippen LogP contribution in [0.1, 0.15) is 58.9 Å². The van der Waals surface area contributed by atoms with E-state index >= 15 is 0 Å². The van der Waals surface area contributed by atoms with E-state index in [0.29, 0.717) is 16.8 Å². The van der Waals surface area contributed by atoms with Gasteiger partial charge in [-0.3, -0.25) is 0 Å². The Labute approximate surface area is 133 Å². The summed E-state index contributed by atoms with van der Waals surface area (Å²) in [5.41, 5.74) is 1.10. The van der Waals surface area contributed by atoms with Gasteiger partial charge in [0.1, 0.15) is 6.10 Å². The van der Waals surface area contributed by atoms with Gasteiger partial charge >= 0.3 is 0 Å². The van der Waals surface area contributed by atoms with Gasteiger partial charge in [-0.2, -0.15) is 0 Å². The van der Waals surface area contributed by atoms with Crippen molar-refractivity contribution in [3.8, 4) is 5.88 Å². The summed E-state index contributed by atoms with van der Waals surface area (Å²) in [5, 5.41) is 4.14. The molecule has 0 amide bonds. The Kier molecular flexibility index (Phi) is 5.50. The minimum Gasteiger partial charge on any atom is -0.474 e. The summed E-state index contributed by atoms with van der Waals surface area (Å²) in [4.78, 5) is 4.33. The van der Waals surface area contributed by atoms with E-state index in [0.717, 1.165) is 18.5 Å². The first-order valence-electron chi connectivity index (χ1n) is 7.91. The van der Waals surface area contributed by atoms with Gasteiger partial charge < -0.3 is 10.1 Å². The zero-order chi connectivity index (χ0) is 15.5. The number of hydrogen-bond donors (Lipinski definition) is 1. The molecule has 1 aromatic rings. The maximum atomic E-state index is 6.24. The van der Waals surface area contributed by atoms with Crippen LogP contribution in [0.3, 0.4) is 0 Å². The Hall–Kier alpha value is -0.800. The van der Waals surface area contributed by atoms with Crippen molar-refractivity contribution < 1.29 is 4.74 Å². The number of pyridine rings is 1. The van der Waals surface area contributed by atoms with E-state index in [-0.39, 0.29) is 11.6 Å². The summed E-state index contributed by atoms with van der Waals surface area (Å²) >= 11 is 6.24. The Balaban J connectivity index is 2.03. The van der Waals surface area contributed by atoms with E-state index < -0.39 is 0 Å². The van der Waals surface area contributed by atoms with E-state index in [1.165, 1.54) is 19.3 Å². The maximum Gasteiger partial charge on any atom is 0.213 e. The molecule has 1 fully saturated rings. The third-order valence-electron chi connectivity index (χ3n) is 4.02. The first-order chi connectivity index (χ1) is 9.85. The first-order valence-corrected chi connectivity index (χ1v) is 8.29. The van der Waals surface area contributed by atoms with Crippen LogP contribution in [0.15, 0.2) is 12.3 Å². The monoisotopic (exact) mass is 310 g/mol. The van der Waals surface area contributed by atoms with E-state index in [1.807, 2.05) is 6.07 Å². The van der Waals surface area contributed by atoms with Gasteiger partial charge in [-0.1, -0.05) is 24.9 Å². The Bertz CT molecular complexity index is 470. The fourth-order valence-electron chi connectivity index (χ4n) is 2.63. The summed E-state index contributed by atoms with van der Waals surface area (Å²) < 4.78 is 6.10. The molecule has 1 heterocycles. The van der Waals surface area contributed by atoms with Crippen LogP contribution in [0.4, 0.5) is 0 Å². The molecule has 3 nitrogen and oxygen atoms in total. The van der Waals surface area contributed by atoms with Crippen molar-refractivity contribution in [3.63, 3.8) is 0 Å². The predicted molar refractivity (Wildman–Crippen MR) is 87.9 cm³/mol. The molecule has 4 heteroatoms. The van der Waals surface area contributed by atoms with Crippen LogP contribution in [-0.2, 0) is 6.54 Å². The molecule has 1 aliphatic rings. The van der Waals surface area contributed by atoms with Gasteiger partial charge in [0.15, 0.2) is 0 Å². The van der Waals surface area contributed by atoms with Crippen molar-refractivity contribution in [1.29, 1.82) is 0 Å². The molecule has 0 saturated heterocycles. The van der Waals surface area contributed by atoms with Gasteiger partial charge in [-0.25, -0.2) is 4.98 Å². The van der Waals surface area contributed by atoms with Crippen molar-refractivity contribution in [2.24, 2.45) is 5.92 Å². The largest absolute Gasteiger partial charge is 0.474 e. The van der Waals surface area contributed by atoms with Crippen molar-refractivity contribution in [2.45, 2.75) is 71.6 Å². The topological polar surface area (TPSA) is 34.1 Å². The SMILES string of the molecule is CC1CCCCC1Oc1cc(CNC(C)(C)C)c(Cl)cn1. The van der Waals surface area contributed by atoms with Crippen LogP contribution in [0.25, 0.3) is 0 Å². The molecular formula is C17H27ClN2O. The van der Waals surface area contributed by atoms with Gasteiger partial charge in [-0.05, 0) is 51.5 Å². The first kappa shape index (κ1) is 16.6. The number of ether oxygens (including phenoxy) is 1. The second-order valence-electron chi connectivity index (χ2n) is 7.14. The number of halogens is 1. The van der Waals surface area contributed by atoms with Crippen LogP contribution in [0.5, 0.6) is 5.88 Å². The summed E-state index contributed by atoms with van der Waals surface area (Å²) in [7, 11) is 0. The average Bonchev–Trinajstić information content (AvgIpc) is 2.41. The van der Waals surface area contributed by atoms with E-state index in [2.05, 4.69) is 38.0 Å². The molecule has 0 aliphatic heterocycles. The lowest BCUT2D eigenvalue weighted by Crippen LogP contribution is -2.35. The van der Waals surface area contributed by atoms with Gasteiger partial charge in [0.05, 0.1) is 5.02 Å². The quantitative estimate of drug-likeness (QED) is 0.884. The summed E-state index contributed by atoms with van der Waals surface area (Å²) in [5.74, 6) is 1.30.